The van der Waals surface area contributed by atoms with Crippen molar-refractivity contribution in [3.05, 3.63) is 89.2 Å². The van der Waals surface area contributed by atoms with Crippen LogP contribution in [0.25, 0.3) is 0 Å². The van der Waals surface area contributed by atoms with Crippen molar-refractivity contribution in [1.82, 2.24) is 14.4 Å². The first kappa shape index (κ1) is 29.0. The molecule has 0 saturated carbocycles. The van der Waals surface area contributed by atoms with Gasteiger partial charge in [-0.25, -0.2) is 0 Å². The van der Waals surface area contributed by atoms with E-state index >= 15 is 0 Å². The molecule has 1 unspecified atom stereocenters. The molecule has 2 amide bonds. The van der Waals surface area contributed by atoms with Gasteiger partial charge in [0.05, 0.1) is 13.7 Å². The second kappa shape index (κ2) is 14.4. The number of methoxy groups -OCH3 is 2. The first-order valence-electron chi connectivity index (χ1n) is 13.3. The van der Waals surface area contributed by atoms with Crippen molar-refractivity contribution < 1.29 is 19.1 Å². The molecule has 0 bridgehead atoms. The van der Waals surface area contributed by atoms with Crippen LogP contribution in [0.2, 0.25) is 0 Å². The fourth-order valence-electron chi connectivity index (χ4n) is 4.45. The molecule has 7 heteroatoms. The number of carbonyl (C=O) groups excluding carboxylic acids is 2. The van der Waals surface area contributed by atoms with E-state index in [1.807, 2.05) is 17.0 Å². The van der Waals surface area contributed by atoms with E-state index in [0.29, 0.717) is 37.4 Å². The van der Waals surface area contributed by atoms with Crippen molar-refractivity contribution in [2.75, 3.05) is 33.9 Å². The monoisotopic (exact) mass is 519 g/mol. The minimum atomic E-state index is -0.194. The van der Waals surface area contributed by atoms with Gasteiger partial charge >= 0.3 is 0 Å². The lowest BCUT2D eigenvalue weighted by Gasteiger charge is -2.32. The molecule has 3 aromatic rings. The molecule has 204 valence electrons. The molecule has 0 aliphatic carbocycles. The summed E-state index contributed by atoms with van der Waals surface area (Å²) in [7, 11) is 3.21. The summed E-state index contributed by atoms with van der Waals surface area (Å²) in [4.78, 5) is 30.7. The third-order valence-corrected chi connectivity index (χ3v) is 7.01. The number of aryl methyl sites for hydroxylation is 1. The van der Waals surface area contributed by atoms with Gasteiger partial charge in [-0.3, -0.25) is 9.59 Å². The van der Waals surface area contributed by atoms with Gasteiger partial charge in [-0.05, 0) is 68.1 Å². The third-order valence-electron chi connectivity index (χ3n) is 7.01. The zero-order valence-corrected chi connectivity index (χ0v) is 23.4. The van der Waals surface area contributed by atoms with Gasteiger partial charge < -0.3 is 23.8 Å². The van der Waals surface area contributed by atoms with E-state index in [0.717, 1.165) is 18.7 Å². The normalized spacial score (nSPS) is 11.7. The van der Waals surface area contributed by atoms with Gasteiger partial charge in [0.15, 0.2) is 0 Å². The molecule has 0 aliphatic rings. The summed E-state index contributed by atoms with van der Waals surface area (Å²) in [6.07, 6.45) is 3.52. The summed E-state index contributed by atoms with van der Waals surface area (Å²) < 4.78 is 12.7. The van der Waals surface area contributed by atoms with Gasteiger partial charge in [0, 0.05) is 50.3 Å². The minimum Gasteiger partial charge on any atom is -0.497 e. The predicted molar refractivity (Wildman–Crippen MR) is 150 cm³/mol. The molecule has 0 fully saturated rings. The lowest BCUT2D eigenvalue weighted by molar-refractivity contribution is -0.134. The minimum absolute atomic E-state index is 0.00258. The Balaban J connectivity index is 1.81. The Hall–Kier alpha value is -3.58. The summed E-state index contributed by atoms with van der Waals surface area (Å²) in [5.74, 6) is 0.340. The Morgan fingerprint density at radius 1 is 1.03 bits per heavy atom. The van der Waals surface area contributed by atoms with Crippen LogP contribution >= 0.6 is 0 Å². The Morgan fingerprint density at radius 3 is 2.53 bits per heavy atom. The van der Waals surface area contributed by atoms with Crippen LogP contribution in [-0.4, -0.2) is 66.1 Å². The van der Waals surface area contributed by atoms with Gasteiger partial charge in [-0.2, -0.15) is 0 Å². The highest BCUT2D eigenvalue weighted by Crippen LogP contribution is 2.18. The average molecular weight is 520 g/mol. The van der Waals surface area contributed by atoms with Crippen LogP contribution in [0.5, 0.6) is 5.75 Å². The average Bonchev–Trinajstić information content (AvgIpc) is 3.38. The molecule has 0 aliphatic heterocycles. The van der Waals surface area contributed by atoms with E-state index in [9.17, 15) is 9.59 Å². The molecule has 7 nitrogen and oxygen atoms in total. The number of rotatable bonds is 14. The third kappa shape index (κ3) is 7.71. The van der Waals surface area contributed by atoms with Crippen LogP contribution in [0.4, 0.5) is 0 Å². The number of ether oxygens (including phenoxy) is 2. The molecule has 0 spiro atoms. The molecular formula is C31H41N3O4. The maximum atomic E-state index is 13.8. The lowest BCUT2D eigenvalue weighted by atomic mass is 10.1. The molecule has 1 heterocycles. The van der Waals surface area contributed by atoms with Gasteiger partial charge in [0.1, 0.15) is 12.3 Å². The fraction of sp³-hybridized carbons (Fsp3) is 0.419. The standard InChI is InChI=1S/C31H41N3O4/c1-6-25(3)34(22-28-15-10-17-32(28)21-27-13-8-7-12-24(27)2)30(35)23-33(18-11-19-37-4)31(36)26-14-9-16-29(20-26)38-5/h7-10,12-17,20,25H,6,11,18-19,21-23H2,1-5H3. The molecule has 1 atom stereocenters. The molecule has 0 saturated heterocycles. The topological polar surface area (TPSA) is 64.0 Å². The van der Waals surface area contributed by atoms with E-state index in [4.69, 9.17) is 9.47 Å². The van der Waals surface area contributed by atoms with E-state index < -0.39 is 0 Å². The van der Waals surface area contributed by atoms with Crippen LogP contribution in [0, 0.1) is 6.92 Å². The van der Waals surface area contributed by atoms with E-state index in [1.54, 1.807) is 43.4 Å². The second-order valence-electron chi connectivity index (χ2n) is 9.64. The van der Waals surface area contributed by atoms with E-state index in [-0.39, 0.29) is 24.4 Å². The zero-order valence-electron chi connectivity index (χ0n) is 23.4. The highest BCUT2D eigenvalue weighted by Gasteiger charge is 2.26. The Morgan fingerprint density at radius 2 is 1.82 bits per heavy atom. The van der Waals surface area contributed by atoms with Gasteiger partial charge in [-0.1, -0.05) is 37.3 Å². The maximum Gasteiger partial charge on any atom is 0.254 e. The van der Waals surface area contributed by atoms with Crippen molar-refractivity contribution in [3.8, 4) is 5.75 Å². The van der Waals surface area contributed by atoms with Crippen LogP contribution in [0.3, 0.4) is 0 Å². The van der Waals surface area contributed by atoms with Crippen molar-refractivity contribution in [1.29, 1.82) is 0 Å². The quantitative estimate of drug-likeness (QED) is 0.276. The fourth-order valence-corrected chi connectivity index (χ4v) is 4.45. The maximum absolute atomic E-state index is 13.8. The molecule has 0 radical (unpaired) electrons. The number of aromatic nitrogens is 1. The van der Waals surface area contributed by atoms with Gasteiger partial charge in [0.25, 0.3) is 5.91 Å². The number of amides is 2. The van der Waals surface area contributed by atoms with Crippen LogP contribution < -0.4 is 4.74 Å². The summed E-state index contributed by atoms with van der Waals surface area (Å²) >= 11 is 0. The molecular weight excluding hydrogens is 478 g/mol. The SMILES string of the molecule is CCC(C)N(Cc1cccn1Cc1ccccc1C)C(=O)CN(CCCOC)C(=O)c1cccc(OC)c1. The summed E-state index contributed by atoms with van der Waals surface area (Å²) in [5.41, 5.74) is 4.05. The predicted octanol–water partition coefficient (Wildman–Crippen LogP) is 5.16. The summed E-state index contributed by atoms with van der Waals surface area (Å²) in [5, 5.41) is 0. The molecule has 3 rings (SSSR count). The van der Waals surface area contributed by atoms with Crippen LogP contribution in [0.15, 0.2) is 66.9 Å². The van der Waals surface area contributed by atoms with E-state index in [2.05, 4.69) is 55.8 Å². The molecule has 2 aromatic carbocycles. The van der Waals surface area contributed by atoms with Crippen LogP contribution in [-0.2, 0) is 22.6 Å². The Kier molecular flexibility index (Phi) is 11.0. The summed E-state index contributed by atoms with van der Waals surface area (Å²) in [6.45, 7) is 8.42. The zero-order chi connectivity index (χ0) is 27.5. The first-order valence-corrected chi connectivity index (χ1v) is 13.3. The number of benzene rings is 2. The highest BCUT2D eigenvalue weighted by atomic mass is 16.5. The second-order valence-corrected chi connectivity index (χ2v) is 9.64. The van der Waals surface area contributed by atoms with Gasteiger partial charge in [0.2, 0.25) is 5.91 Å². The molecule has 38 heavy (non-hydrogen) atoms. The van der Waals surface area contributed by atoms with Crippen LogP contribution in [0.1, 0.15) is 53.9 Å². The van der Waals surface area contributed by atoms with Gasteiger partial charge in [-0.15, -0.1) is 0 Å². The number of hydrogen-bond acceptors (Lipinski definition) is 4. The number of carbonyl (C=O) groups is 2. The van der Waals surface area contributed by atoms with Crippen molar-refractivity contribution in [2.45, 2.75) is 52.7 Å². The largest absolute Gasteiger partial charge is 0.497 e. The highest BCUT2D eigenvalue weighted by molar-refractivity contribution is 5.96. The molecule has 1 aromatic heterocycles. The number of hydrogen-bond donors (Lipinski definition) is 0. The van der Waals surface area contributed by atoms with Crippen molar-refractivity contribution >= 4 is 11.8 Å². The lowest BCUT2D eigenvalue weighted by Crippen LogP contribution is -2.46. The smallest absolute Gasteiger partial charge is 0.254 e. The Bertz CT molecular complexity index is 1190. The Labute approximate surface area is 227 Å². The first-order chi connectivity index (χ1) is 18.4. The summed E-state index contributed by atoms with van der Waals surface area (Å²) in [6, 6.07) is 19.5. The van der Waals surface area contributed by atoms with Crippen molar-refractivity contribution in [2.24, 2.45) is 0 Å². The number of nitrogens with zero attached hydrogens (tertiary/aromatic N) is 3. The molecule has 0 N–H and O–H groups in total. The van der Waals surface area contributed by atoms with Crippen molar-refractivity contribution in [3.63, 3.8) is 0 Å². The van der Waals surface area contributed by atoms with E-state index in [1.165, 1.54) is 11.1 Å².